The molecule has 2 bridgehead atoms. The smallest absolute Gasteiger partial charge is 0.0110 e. The van der Waals surface area contributed by atoms with E-state index in [2.05, 4.69) is 10.2 Å². The van der Waals surface area contributed by atoms with Crippen LogP contribution in [0.25, 0.3) is 0 Å². The summed E-state index contributed by atoms with van der Waals surface area (Å²) in [5, 5.41) is 3.81. The minimum Gasteiger partial charge on any atom is -0.313 e. The molecule has 1 heterocycles. The van der Waals surface area contributed by atoms with Crippen LogP contribution in [0.4, 0.5) is 0 Å². The van der Waals surface area contributed by atoms with Gasteiger partial charge in [-0.3, -0.25) is 4.90 Å². The lowest BCUT2D eigenvalue weighted by atomic mass is 10.1. The van der Waals surface area contributed by atoms with Gasteiger partial charge in [0, 0.05) is 31.7 Å². The first-order valence-corrected chi connectivity index (χ1v) is 7.89. The van der Waals surface area contributed by atoms with E-state index in [4.69, 9.17) is 0 Å². The van der Waals surface area contributed by atoms with Crippen molar-refractivity contribution < 1.29 is 0 Å². The van der Waals surface area contributed by atoms with Crippen molar-refractivity contribution in [2.75, 3.05) is 19.6 Å². The van der Waals surface area contributed by atoms with E-state index in [1.165, 1.54) is 77.4 Å². The van der Waals surface area contributed by atoms with E-state index < -0.39 is 0 Å². The van der Waals surface area contributed by atoms with E-state index in [-0.39, 0.29) is 0 Å². The highest BCUT2D eigenvalue weighted by atomic mass is 15.2. The molecular weight excluding hydrogens is 208 g/mol. The zero-order valence-corrected chi connectivity index (χ0v) is 11.2. The van der Waals surface area contributed by atoms with Crippen molar-refractivity contribution in [1.29, 1.82) is 0 Å². The van der Waals surface area contributed by atoms with Gasteiger partial charge < -0.3 is 5.32 Å². The highest BCUT2D eigenvalue weighted by Gasteiger charge is 2.37. The molecule has 2 nitrogen and oxygen atoms in total. The molecule has 0 aromatic rings. The Hall–Kier alpha value is -0.0800. The second-order valence-corrected chi connectivity index (χ2v) is 6.47. The van der Waals surface area contributed by atoms with Gasteiger partial charge in [0.1, 0.15) is 0 Å². The predicted octanol–water partition coefficient (Wildman–Crippen LogP) is 2.78. The molecule has 3 aliphatic rings. The Bertz CT molecular complexity index is 233. The molecule has 1 saturated heterocycles. The summed E-state index contributed by atoms with van der Waals surface area (Å²) in [5.41, 5.74) is 0. The summed E-state index contributed by atoms with van der Waals surface area (Å²) in [6.45, 7) is 3.93. The molecule has 1 aliphatic heterocycles. The molecule has 3 fully saturated rings. The van der Waals surface area contributed by atoms with E-state index in [0.29, 0.717) is 0 Å². The summed E-state index contributed by atoms with van der Waals surface area (Å²) >= 11 is 0. The number of likely N-dealkylation sites (tertiary alicyclic amines) is 1. The molecule has 0 aromatic carbocycles. The molecule has 2 heteroatoms. The summed E-state index contributed by atoms with van der Waals surface area (Å²) in [4.78, 5) is 2.75. The number of fused-ring (bicyclic) bond motifs is 2. The Kier molecular flexibility index (Phi) is 4.02. The van der Waals surface area contributed by atoms with Gasteiger partial charge in [-0.25, -0.2) is 0 Å². The van der Waals surface area contributed by atoms with Gasteiger partial charge in [0.05, 0.1) is 0 Å². The Labute approximate surface area is 106 Å². The second-order valence-electron chi connectivity index (χ2n) is 6.47. The molecular formula is C15H28N2. The number of piperidine rings is 1. The van der Waals surface area contributed by atoms with E-state index in [0.717, 1.165) is 18.0 Å². The Balaban J connectivity index is 1.34. The maximum absolute atomic E-state index is 3.81. The van der Waals surface area contributed by atoms with Crippen LogP contribution in [0, 0.1) is 5.92 Å². The third-order valence-corrected chi connectivity index (χ3v) is 5.21. The zero-order valence-electron chi connectivity index (χ0n) is 11.2. The topological polar surface area (TPSA) is 15.3 Å². The fourth-order valence-electron chi connectivity index (χ4n) is 4.20. The fourth-order valence-corrected chi connectivity index (χ4v) is 4.20. The van der Waals surface area contributed by atoms with Crippen molar-refractivity contribution in [2.45, 2.75) is 69.9 Å². The van der Waals surface area contributed by atoms with Gasteiger partial charge in [-0.15, -0.1) is 0 Å². The third-order valence-electron chi connectivity index (χ3n) is 5.21. The van der Waals surface area contributed by atoms with Gasteiger partial charge in [-0.05, 0) is 38.0 Å². The minimum absolute atomic E-state index is 0.831. The van der Waals surface area contributed by atoms with Crippen LogP contribution in [-0.2, 0) is 0 Å². The molecule has 0 radical (unpaired) electrons. The second kappa shape index (κ2) is 5.71. The Morgan fingerprint density at radius 1 is 0.941 bits per heavy atom. The number of nitrogens with one attached hydrogen (secondary N) is 1. The predicted molar refractivity (Wildman–Crippen MR) is 72.2 cm³/mol. The van der Waals surface area contributed by atoms with Crippen LogP contribution in [0.3, 0.4) is 0 Å². The normalized spacial score (nSPS) is 35.3. The molecule has 2 saturated carbocycles. The Morgan fingerprint density at radius 3 is 2.41 bits per heavy atom. The SMILES string of the molecule is C1CCCC(NCCN2CC3CCC2C3)CC1. The van der Waals surface area contributed by atoms with Crippen molar-refractivity contribution in [3.8, 4) is 0 Å². The average molecular weight is 236 g/mol. The van der Waals surface area contributed by atoms with E-state index in [1.54, 1.807) is 0 Å². The number of hydrogen-bond acceptors (Lipinski definition) is 2. The standard InChI is InChI=1S/C15H28N2/c1-2-4-6-14(5-3-1)16-9-10-17-12-13-7-8-15(17)11-13/h13-16H,1-12H2. The van der Waals surface area contributed by atoms with E-state index >= 15 is 0 Å². The van der Waals surface area contributed by atoms with Crippen LogP contribution < -0.4 is 5.32 Å². The van der Waals surface area contributed by atoms with Crippen molar-refractivity contribution in [1.82, 2.24) is 10.2 Å². The molecule has 98 valence electrons. The first-order chi connectivity index (χ1) is 8.42. The molecule has 0 amide bonds. The monoisotopic (exact) mass is 236 g/mol. The molecule has 0 spiro atoms. The summed E-state index contributed by atoms with van der Waals surface area (Å²) in [7, 11) is 0. The summed E-state index contributed by atoms with van der Waals surface area (Å²) in [6, 6.07) is 1.79. The van der Waals surface area contributed by atoms with Crippen LogP contribution in [0.15, 0.2) is 0 Å². The number of nitrogens with zero attached hydrogens (tertiary/aromatic N) is 1. The van der Waals surface area contributed by atoms with Crippen molar-refractivity contribution in [2.24, 2.45) is 5.92 Å². The third kappa shape index (κ3) is 3.03. The number of hydrogen-bond donors (Lipinski definition) is 1. The lowest BCUT2D eigenvalue weighted by Crippen LogP contribution is -2.40. The summed E-state index contributed by atoms with van der Waals surface area (Å²) in [5.74, 6) is 1.05. The summed E-state index contributed by atoms with van der Waals surface area (Å²) in [6.07, 6.45) is 13.2. The number of rotatable bonds is 4. The van der Waals surface area contributed by atoms with Gasteiger partial charge >= 0.3 is 0 Å². The maximum atomic E-state index is 3.81. The van der Waals surface area contributed by atoms with Crippen LogP contribution in [0.2, 0.25) is 0 Å². The summed E-state index contributed by atoms with van der Waals surface area (Å²) < 4.78 is 0. The van der Waals surface area contributed by atoms with Gasteiger partial charge in [0.25, 0.3) is 0 Å². The highest BCUT2D eigenvalue weighted by molar-refractivity contribution is 4.92. The highest BCUT2D eigenvalue weighted by Crippen LogP contribution is 2.36. The van der Waals surface area contributed by atoms with Gasteiger partial charge in [-0.1, -0.05) is 25.7 Å². The molecule has 2 unspecified atom stereocenters. The zero-order chi connectivity index (χ0) is 11.5. The van der Waals surface area contributed by atoms with Crippen LogP contribution in [-0.4, -0.2) is 36.6 Å². The van der Waals surface area contributed by atoms with Crippen molar-refractivity contribution in [3.05, 3.63) is 0 Å². The van der Waals surface area contributed by atoms with Crippen LogP contribution >= 0.6 is 0 Å². The Morgan fingerprint density at radius 2 is 1.76 bits per heavy atom. The molecule has 3 rings (SSSR count). The van der Waals surface area contributed by atoms with Gasteiger partial charge in [0.2, 0.25) is 0 Å². The quantitative estimate of drug-likeness (QED) is 0.755. The lowest BCUT2D eigenvalue weighted by molar-refractivity contribution is 0.210. The average Bonchev–Trinajstić information content (AvgIpc) is 2.85. The van der Waals surface area contributed by atoms with Crippen molar-refractivity contribution >= 4 is 0 Å². The van der Waals surface area contributed by atoms with Crippen LogP contribution in [0.1, 0.15) is 57.8 Å². The lowest BCUT2D eigenvalue weighted by Gasteiger charge is -2.27. The van der Waals surface area contributed by atoms with Crippen molar-refractivity contribution in [3.63, 3.8) is 0 Å². The molecule has 2 aliphatic carbocycles. The van der Waals surface area contributed by atoms with Gasteiger partial charge in [-0.2, -0.15) is 0 Å². The largest absolute Gasteiger partial charge is 0.313 e. The first kappa shape index (κ1) is 12.0. The molecule has 17 heavy (non-hydrogen) atoms. The minimum atomic E-state index is 0.831. The van der Waals surface area contributed by atoms with Crippen LogP contribution in [0.5, 0.6) is 0 Å². The molecule has 0 aromatic heterocycles. The van der Waals surface area contributed by atoms with E-state index in [1.807, 2.05) is 0 Å². The molecule has 1 N–H and O–H groups in total. The first-order valence-electron chi connectivity index (χ1n) is 7.89. The maximum Gasteiger partial charge on any atom is 0.0110 e. The fraction of sp³-hybridized carbons (Fsp3) is 1.00. The van der Waals surface area contributed by atoms with Gasteiger partial charge in [0.15, 0.2) is 0 Å². The molecule has 2 atom stereocenters. The van der Waals surface area contributed by atoms with E-state index in [9.17, 15) is 0 Å².